The number of ether oxygens (including phenoxy) is 1. The van der Waals surface area contributed by atoms with E-state index in [2.05, 4.69) is 26.1 Å². The molecule has 1 N–H and O–H groups in total. The molecular formula is C14H25NO2. The molecule has 2 atom stereocenters. The minimum Gasteiger partial charge on any atom is -0.365 e. The number of amides is 1. The van der Waals surface area contributed by atoms with E-state index in [9.17, 15) is 4.79 Å². The van der Waals surface area contributed by atoms with Crippen molar-refractivity contribution in [2.45, 2.75) is 58.7 Å². The third-order valence-electron chi connectivity index (χ3n) is 2.84. The van der Waals surface area contributed by atoms with Crippen molar-refractivity contribution in [3.8, 4) is 0 Å². The third-order valence-corrected chi connectivity index (χ3v) is 2.84. The SMILES string of the molecule is CCCCCC1OC1C=CC(=O)NCC(C)C. The molecule has 1 fully saturated rings. The van der Waals surface area contributed by atoms with Crippen LogP contribution in [0.4, 0.5) is 0 Å². The molecule has 0 aromatic heterocycles. The van der Waals surface area contributed by atoms with E-state index in [1.807, 2.05) is 6.08 Å². The van der Waals surface area contributed by atoms with Crippen molar-refractivity contribution in [2.24, 2.45) is 5.92 Å². The van der Waals surface area contributed by atoms with Gasteiger partial charge in [0.25, 0.3) is 0 Å². The van der Waals surface area contributed by atoms with Gasteiger partial charge in [0.2, 0.25) is 5.91 Å². The molecule has 1 amide bonds. The van der Waals surface area contributed by atoms with Crippen molar-refractivity contribution >= 4 is 5.91 Å². The predicted octanol–water partition coefficient (Wildman–Crippen LogP) is 2.66. The Bertz CT molecular complexity index is 261. The van der Waals surface area contributed by atoms with Crippen LogP contribution in [0.5, 0.6) is 0 Å². The Balaban J connectivity index is 2.08. The van der Waals surface area contributed by atoms with Gasteiger partial charge in [0.05, 0.1) is 6.10 Å². The van der Waals surface area contributed by atoms with Gasteiger partial charge in [-0.2, -0.15) is 0 Å². The molecule has 3 heteroatoms. The molecule has 0 aromatic rings. The van der Waals surface area contributed by atoms with Gasteiger partial charge in [0.1, 0.15) is 6.10 Å². The van der Waals surface area contributed by atoms with Crippen LogP contribution < -0.4 is 5.32 Å². The second kappa shape index (κ2) is 7.49. The summed E-state index contributed by atoms with van der Waals surface area (Å²) in [6.45, 7) is 7.09. The molecule has 2 unspecified atom stereocenters. The number of rotatable bonds is 8. The Morgan fingerprint density at radius 2 is 2.18 bits per heavy atom. The van der Waals surface area contributed by atoms with Crippen LogP contribution in [0.15, 0.2) is 12.2 Å². The monoisotopic (exact) mass is 239 g/mol. The summed E-state index contributed by atoms with van der Waals surface area (Å²) in [6.07, 6.45) is 8.88. The Labute approximate surface area is 105 Å². The largest absolute Gasteiger partial charge is 0.365 e. The highest BCUT2D eigenvalue weighted by molar-refractivity contribution is 5.87. The molecule has 0 bridgehead atoms. The van der Waals surface area contributed by atoms with Crippen molar-refractivity contribution in [1.29, 1.82) is 0 Å². The Kier molecular flexibility index (Phi) is 6.27. The summed E-state index contributed by atoms with van der Waals surface area (Å²) in [5.74, 6) is 0.479. The first kappa shape index (κ1) is 14.2. The highest BCUT2D eigenvalue weighted by atomic mass is 16.6. The van der Waals surface area contributed by atoms with E-state index in [0.717, 1.165) is 13.0 Å². The van der Waals surface area contributed by atoms with Gasteiger partial charge in [-0.15, -0.1) is 0 Å². The smallest absolute Gasteiger partial charge is 0.243 e. The van der Waals surface area contributed by atoms with Crippen molar-refractivity contribution < 1.29 is 9.53 Å². The fourth-order valence-electron chi connectivity index (χ4n) is 1.70. The Morgan fingerprint density at radius 3 is 2.82 bits per heavy atom. The minimum absolute atomic E-state index is 0.0125. The first-order valence-electron chi connectivity index (χ1n) is 6.75. The average molecular weight is 239 g/mol. The highest BCUT2D eigenvalue weighted by Crippen LogP contribution is 2.28. The van der Waals surface area contributed by atoms with Gasteiger partial charge in [0.15, 0.2) is 0 Å². The number of carbonyl (C=O) groups excluding carboxylic acids is 1. The minimum atomic E-state index is -0.0125. The summed E-state index contributed by atoms with van der Waals surface area (Å²) >= 11 is 0. The maximum Gasteiger partial charge on any atom is 0.243 e. The molecule has 98 valence electrons. The number of hydrogen-bond acceptors (Lipinski definition) is 2. The van der Waals surface area contributed by atoms with Gasteiger partial charge in [-0.1, -0.05) is 40.0 Å². The maximum absolute atomic E-state index is 11.4. The number of unbranched alkanes of at least 4 members (excludes halogenated alkanes) is 2. The number of nitrogens with one attached hydrogen (secondary N) is 1. The summed E-state index contributed by atoms with van der Waals surface area (Å²) < 4.78 is 5.47. The van der Waals surface area contributed by atoms with Crippen LogP contribution in [0, 0.1) is 5.92 Å². The average Bonchev–Trinajstić information content (AvgIpc) is 3.03. The van der Waals surface area contributed by atoms with Crippen molar-refractivity contribution in [3.05, 3.63) is 12.2 Å². The number of carbonyl (C=O) groups is 1. The standard InChI is InChI=1S/C14H25NO2/c1-4-5-6-7-12-13(17-12)8-9-14(16)15-10-11(2)3/h8-9,11-13H,4-7,10H2,1-3H3,(H,15,16). The molecule has 3 nitrogen and oxygen atoms in total. The number of hydrogen-bond donors (Lipinski definition) is 1. The Hall–Kier alpha value is -0.830. The van der Waals surface area contributed by atoms with Crippen LogP contribution in [0.2, 0.25) is 0 Å². The molecule has 1 saturated heterocycles. The zero-order chi connectivity index (χ0) is 12.7. The fourth-order valence-corrected chi connectivity index (χ4v) is 1.70. The molecule has 0 spiro atoms. The molecule has 0 saturated carbocycles. The van der Waals surface area contributed by atoms with Crippen LogP contribution in [0.3, 0.4) is 0 Å². The zero-order valence-electron chi connectivity index (χ0n) is 11.2. The molecule has 17 heavy (non-hydrogen) atoms. The zero-order valence-corrected chi connectivity index (χ0v) is 11.2. The van der Waals surface area contributed by atoms with Crippen LogP contribution in [0.25, 0.3) is 0 Å². The predicted molar refractivity (Wildman–Crippen MR) is 69.8 cm³/mol. The van der Waals surface area contributed by atoms with Crippen LogP contribution >= 0.6 is 0 Å². The molecule has 0 aliphatic carbocycles. The maximum atomic E-state index is 11.4. The fraction of sp³-hybridized carbons (Fsp3) is 0.786. The summed E-state index contributed by atoms with van der Waals surface area (Å²) in [6, 6.07) is 0. The van der Waals surface area contributed by atoms with Gasteiger partial charge >= 0.3 is 0 Å². The lowest BCUT2D eigenvalue weighted by Crippen LogP contribution is -2.25. The van der Waals surface area contributed by atoms with Gasteiger partial charge in [-0.05, 0) is 18.4 Å². The van der Waals surface area contributed by atoms with Crippen LogP contribution in [-0.4, -0.2) is 24.7 Å². The van der Waals surface area contributed by atoms with Gasteiger partial charge in [-0.25, -0.2) is 0 Å². The summed E-state index contributed by atoms with van der Waals surface area (Å²) in [4.78, 5) is 11.4. The third kappa shape index (κ3) is 6.47. The van der Waals surface area contributed by atoms with E-state index in [4.69, 9.17) is 4.74 Å². The Morgan fingerprint density at radius 1 is 1.41 bits per heavy atom. The molecule has 0 aromatic carbocycles. The first-order valence-corrected chi connectivity index (χ1v) is 6.75. The number of epoxide rings is 1. The lowest BCUT2D eigenvalue weighted by molar-refractivity contribution is -0.116. The van der Waals surface area contributed by atoms with E-state index in [1.165, 1.54) is 19.3 Å². The van der Waals surface area contributed by atoms with Gasteiger partial charge in [-0.3, -0.25) is 4.79 Å². The van der Waals surface area contributed by atoms with Crippen LogP contribution in [0.1, 0.15) is 46.5 Å². The van der Waals surface area contributed by atoms with E-state index in [0.29, 0.717) is 12.0 Å². The molecular weight excluding hydrogens is 214 g/mol. The summed E-state index contributed by atoms with van der Waals surface area (Å²) in [7, 11) is 0. The van der Waals surface area contributed by atoms with E-state index in [1.54, 1.807) is 6.08 Å². The molecule has 1 heterocycles. The first-order chi connectivity index (χ1) is 8.13. The topological polar surface area (TPSA) is 41.6 Å². The molecule has 1 aliphatic heterocycles. The van der Waals surface area contributed by atoms with E-state index in [-0.39, 0.29) is 12.0 Å². The van der Waals surface area contributed by atoms with Gasteiger partial charge in [0, 0.05) is 12.6 Å². The molecule has 0 radical (unpaired) electrons. The lowest BCUT2D eigenvalue weighted by atomic mass is 10.1. The van der Waals surface area contributed by atoms with Crippen molar-refractivity contribution in [1.82, 2.24) is 5.32 Å². The second-order valence-corrected chi connectivity index (χ2v) is 5.13. The molecule has 1 aliphatic rings. The quantitative estimate of drug-likeness (QED) is 0.402. The summed E-state index contributed by atoms with van der Waals surface area (Å²) in [5.41, 5.74) is 0. The second-order valence-electron chi connectivity index (χ2n) is 5.13. The van der Waals surface area contributed by atoms with E-state index >= 15 is 0 Å². The van der Waals surface area contributed by atoms with Crippen molar-refractivity contribution in [2.75, 3.05) is 6.54 Å². The molecule has 1 rings (SSSR count). The normalized spacial score (nSPS) is 23.3. The van der Waals surface area contributed by atoms with E-state index < -0.39 is 0 Å². The van der Waals surface area contributed by atoms with Crippen molar-refractivity contribution in [3.63, 3.8) is 0 Å². The van der Waals surface area contributed by atoms with Gasteiger partial charge < -0.3 is 10.1 Å². The lowest BCUT2D eigenvalue weighted by Gasteiger charge is -2.03. The van der Waals surface area contributed by atoms with Crippen LogP contribution in [-0.2, 0) is 9.53 Å². The highest BCUT2D eigenvalue weighted by Gasteiger charge is 2.35. The summed E-state index contributed by atoms with van der Waals surface area (Å²) in [5, 5.41) is 2.85.